The molecule has 0 saturated carbocycles. The van der Waals surface area contributed by atoms with E-state index in [2.05, 4.69) is 0 Å². The molecule has 0 saturated heterocycles. The number of esters is 1. The Bertz CT molecular complexity index is 509. The molecule has 0 unspecified atom stereocenters. The number of ketones is 1. The lowest BCUT2D eigenvalue weighted by Crippen LogP contribution is -2.38. The second-order valence-corrected chi connectivity index (χ2v) is 5.40. The van der Waals surface area contributed by atoms with Gasteiger partial charge in [-0.15, -0.1) is 0 Å². The molecule has 1 aromatic carbocycles. The molecule has 0 fully saturated rings. The third kappa shape index (κ3) is 3.97. The van der Waals surface area contributed by atoms with Crippen LogP contribution in [0.15, 0.2) is 18.2 Å². The first-order valence-electron chi connectivity index (χ1n) is 6.38. The van der Waals surface area contributed by atoms with Crippen LogP contribution < -0.4 is 4.74 Å². The Morgan fingerprint density at radius 2 is 1.95 bits per heavy atom. The fourth-order valence-electron chi connectivity index (χ4n) is 1.47. The molecule has 1 aromatic rings. The summed E-state index contributed by atoms with van der Waals surface area (Å²) in [5.41, 5.74) is -0.256. The van der Waals surface area contributed by atoms with Crippen molar-refractivity contribution in [3.05, 3.63) is 28.8 Å². The van der Waals surface area contributed by atoms with Crippen molar-refractivity contribution in [1.29, 1.82) is 0 Å². The fourth-order valence-corrected chi connectivity index (χ4v) is 1.64. The number of rotatable bonds is 6. The maximum atomic E-state index is 12.1. The van der Waals surface area contributed by atoms with Gasteiger partial charge in [0.2, 0.25) is 0 Å². The minimum Gasteiger partial charge on any atom is -0.484 e. The first-order valence-corrected chi connectivity index (χ1v) is 6.76. The van der Waals surface area contributed by atoms with E-state index < -0.39 is 11.4 Å². The van der Waals surface area contributed by atoms with Crippen LogP contribution in [0.25, 0.3) is 0 Å². The van der Waals surface area contributed by atoms with Crippen LogP contribution in [0.5, 0.6) is 5.75 Å². The van der Waals surface area contributed by atoms with E-state index in [4.69, 9.17) is 21.1 Å². The number of benzene rings is 1. The van der Waals surface area contributed by atoms with Crippen LogP contribution in [0, 0.1) is 12.3 Å². The van der Waals surface area contributed by atoms with Crippen LogP contribution in [-0.2, 0) is 14.3 Å². The number of aryl methyl sites for hydroxylation is 1. The van der Waals surface area contributed by atoms with Crippen molar-refractivity contribution in [3.63, 3.8) is 0 Å². The molecule has 1 rings (SSSR count). The average molecular weight is 299 g/mol. The van der Waals surface area contributed by atoms with Crippen molar-refractivity contribution >= 4 is 23.4 Å². The predicted octanol–water partition coefficient (Wildman–Crippen LogP) is 3.19. The molecule has 20 heavy (non-hydrogen) atoms. The lowest BCUT2D eigenvalue weighted by Gasteiger charge is -2.21. The van der Waals surface area contributed by atoms with E-state index in [1.54, 1.807) is 19.1 Å². The van der Waals surface area contributed by atoms with Crippen molar-refractivity contribution in [2.45, 2.75) is 27.7 Å². The van der Waals surface area contributed by atoms with Crippen LogP contribution in [0.2, 0.25) is 5.02 Å². The molecule has 0 aliphatic rings. The topological polar surface area (TPSA) is 52.6 Å². The number of hydrogen-bond donors (Lipinski definition) is 0. The minimum atomic E-state index is -1.23. The molecular weight excluding hydrogens is 280 g/mol. The van der Waals surface area contributed by atoms with Crippen LogP contribution >= 0.6 is 11.6 Å². The molecule has 5 heteroatoms. The summed E-state index contributed by atoms with van der Waals surface area (Å²) in [4.78, 5) is 23.8. The summed E-state index contributed by atoms with van der Waals surface area (Å²) in [7, 11) is 0. The van der Waals surface area contributed by atoms with Gasteiger partial charge >= 0.3 is 5.97 Å². The van der Waals surface area contributed by atoms with Gasteiger partial charge in [0.05, 0.1) is 11.6 Å². The predicted molar refractivity (Wildman–Crippen MR) is 77.1 cm³/mol. The molecule has 0 bridgehead atoms. The Morgan fingerprint density at radius 3 is 2.55 bits per heavy atom. The van der Waals surface area contributed by atoms with Crippen molar-refractivity contribution < 1.29 is 19.1 Å². The third-order valence-corrected chi connectivity index (χ3v) is 3.24. The van der Waals surface area contributed by atoms with Gasteiger partial charge in [-0.1, -0.05) is 17.7 Å². The highest BCUT2D eigenvalue weighted by atomic mass is 35.5. The quantitative estimate of drug-likeness (QED) is 0.598. The lowest BCUT2D eigenvalue weighted by molar-refractivity contribution is -0.158. The highest BCUT2D eigenvalue weighted by Crippen LogP contribution is 2.26. The van der Waals surface area contributed by atoms with E-state index in [9.17, 15) is 9.59 Å². The SMILES string of the molecule is CCOC(=O)C(C)(C)C(=O)COc1cc(C)ccc1Cl. The van der Waals surface area contributed by atoms with E-state index in [0.29, 0.717) is 10.8 Å². The van der Waals surface area contributed by atoms with Gasteiger partial charge in [0, 0.05) is 0 Å². The van der Waals surface area contributed by atoms with Gasteiger partial charge < -0.3 is 9.47 Å². The molecule has 4 nitrogen and oxygen atoms in total. The second-order valence-electron chi connectivity index (χ2n) is 4.99. The Balaban J connectivity index is 2.71. The van der Waals surface area contributed by atoms with Gasteiger partial charge in [-0.3, -0.25) is 9.59 Å². The van der Waals surface area contributed by atoms with Crippen LogP contribution in [0.4, 0.5) is 0 Å². The standard InChI is InChI=1S/C15H19ClO4/c1-5-19-14(18)15(3,4)13(17)9-20-12-8-10(2)6-7-11(12)16/h6-8H,5,9H2,1-4H3. The van der Waals surface area contributed by atoms with E-state index in [1.807, 2.05) is 13.0 Å². The van der Waals surface area contributed by atoms with E-state index in [0.717, 1.165) is 5.56 Å². The third-order valence-electron chi connectivity index (χ3n) is 2.93. The highest BCUT2D eigenvalue weighted by molar-refractivity contribution is 6.32. The van der Waals surface area contributed by atoms with Gasteiger partial charge in [-0.25, -0.2) is 0 Å². The normalized spacial score (nSPS) is 11.1. The monoisotopic (exact) mass is 298 g/mol. The van der Waals surface area contributed by atoms with E-state index in [1.165, 1.54) is 13.8 Å². The molecule has 0 heterocycles. The molecule has 0 atom stereocenters. The summed E-state index contributed by atoms with van der Waals surface area (Å²) in [6.07, 6.45) is 0. The van der Waals surface area contributed by atoms with Crippen LogP contribution in [0.3, 0.4) is 0 Å². The molecule has 0 radical (unpaired) electrons. The molecule has 0 aromatic heterocycles. The van der Waals surface area contributed by atoms with Gasteiger partial charge in [0.1, 0.15) is 17.8 Å². The molecule has 0 spiro atoms. The second kappa shape index (κ2) is 6.75. The van der Waals surface area contributed by atoms with Gasteiger partial charge in [-0.2, -0.15) is 0 Å². The Hall–Kier alpha value is -1.55. The molecular formula is C15H19ClO4. The summed E-state index contributed by atoms with van der Waals surface area (Å²) >= 11 is 5.98. The molecule has 110 valence electrons. The summed E-state index contributed by atoms with van der Waals surface area (Å²) < 4.78 is 10.3. The fraction of sp³-hybridized carbons (Fsp3) is 0.467. The molecule has 0 aliphatic carbocycles. The number of carbonyl (C=O) groups excluding carboxylic acids is 2. The summed E-state index contributed by atoms with van der Waals surface area (Å²) in [5, 5.41) is 0.428. The Kier molecular flexibility index (Phi) is 5.57. The zero-order valence-electron chi connectivity index (χ0n) is 12.2. The van der Waals surface area contributed by atoms with Gasteiger partial charge in [-0.05, 0) is 45.4 Å². The van der Waals surface area contributed by atoms with Crippen molar-refractivity contribution in [2.24, 2.45) is 5.41 Å². The molecule has 0 amide bonds. The zero-order valence-corrected chi connectivity index (χ0v) is 12.9. The maximum absolute atomic E-state index is 12.1. The van der Waals surface area contributed by atoms with E-state index in [-0.39, 0.29) is 19.0 Å². The molecule has 0 aliphatic heterocycles. The summed E-state index contributed by atoms with van der Waals surface area (Å²) in [5.74, 6) is -0.475. The number of hydrogen-bond acceptors (Lipinski definition) is 4. The largest absolute Gasteiger partial charge is 0.484 e. The molecule has 0 N–H and O–H groups in total. The number of carbonyl (C=O) groups is 2. The number of halogens is 1. The van der Waals surface area contributed by atoms with E-state index >= 15 is 0 Å². The number of Topliss-reactive ketones (excluding diaryl/α,β-unsaturated/α-hetero) is 1. The van der Waals surface area contributed by atoms with Crippen LogP contribution in [-0.4, -0.2) is 25.0 Å². The average Bonchev–Trinajstić information content (AvgIpc) is 2.39. The first-order chi connectivity index (χ1) is 9.28. The van der Waals surface area contributed by atoms with Crippen molar-refractivity contribution in [2.75, 3.05) is 13.2 Å². The van der Waals surface area contributed by atoms with Gasteiger partial charge in [0.15, 0.2) is 5.78 Å². The zero-order chi connectivity index (χ0) is 15.3. The van der Waals surface area contributed by atoms with Gasteiger partial charge in [0.25, 0.3) is 0 Å². The summed E-state index contributed by atoms with van der Waals surface area (Å²) in [6, 6.07) is 5.29. The Labute approximate surface area is 124 Å². The minimum absolute atomic E-state index is 0.227. The Morgan fingerprint density at radius 1 is 1.30 bits per heavy atom. The highest BCUT2D eigenvalue weighted by Gasteiger charge is 2.37. The van der Waals surface area contributed by atoms with Crippen molar-refractivity contribution in [3.8, 4) is 5.75 Å². The smallest absolute Gasteiger partial charge is 0.319 e. The van der Waals surface area contributed by atoms with Crippen molar-refractivity contribution in [1.82, 2.24) is 0 Å². The van der Waals surface area contributed by atoms with Crippen LogP contribution in [0.1, 0.15) is 26.3 Å². The lowest BCUT2D eigenvalue weighted by atomic mass is 9.88. The summed E-state index contributed by atoms with van der Waals surface area (Å²) in [6.45, 7) is 6.65. The first kappa shape index (κ1) is 16.5. The maximum Gasteiger partial charge on any atom is 0.319 e. The number of ether oxygens (including phenoxy) is 2.